The number of aryl methyl sites for hydroxylation is 2. The summed E-state index contributed by atoms with van der Waals surface area (Å²) in [6.07, 6.45) is 3.54. The van der Waals surface area contributed by atoms with Crippen LogP contribution in [0.1, 0.15) is 29.5 Å². The molecular weight excluding hydrogens is 320 g/mol. The molecule has 0 aliphatic carbocycles. The van der Waals surface area contributed by atoms with E-state index in [1.807, 2.05) is 12.1 Å². The second kappa shape index (κ2) is 6.80. The zero-order valence-electron chi connectivity index (χ0n) is 14.2. The van der Waals surface area contributed by atoms with E-state index in [0.29, 0.717) is 11.4 Å². The lowest BCUT2D eigenvalue weighted by molar-refractivity contribution is -0.137. The molecule has 0 bridgehead atoms. The third kappa shape index (κ3) is 3.55. The fourth-order valence-electron chi connectivity index (χ4n) is 2.87. The van der Waals surface area contributed by atoms with Gasteiger partial charge < -0.3 is 15.0 Å². The van der Waals surface area contributed by atoms with Gasteiger partial charge in [0, 0.05) is 29.8 Å². The number of nitrogens with one attached hydrogen (secondary N) is 1. The van der Waals surface area contributed by atoms with Crippen molar-refractivity contribution in [3.8, 4) is 0 Å². The number of carboxylic acid groups (broad SMARTS) is 1. The molecule has 1 aromatic carbocycles. The first kappa shape index (κ1) is 16.8. The van der Waals surface area contributed by atoms with E-state index in [2.05, 4.69) is 17.3 Å². The molecule has 0 spiro atoms. The van der Waals surface area contributed by atoms with E-state index in [1.165, 1.54) is 0 Å². The Morgan fingerprint density at radius 2 is 2.04 bits per heavy atom. The summed E-state index contributed by atoms with van der Waals surface area (Å²) in [6, 6.07) is 9.04. The van der Waals surface area contributed by atoms with Crippen LogP contribution < -0.4 is 5.32 Å². The molecule has 1 amide bonds. The van der Waals surface area contributed by atoms with E-state index in [1.54, 1.807) is 40.7 Å². The summed E-state index contributed by atoms with van der Waals surface area (Å²) in [5.41, 5.74) is 2.87. The van der Waals surface area contributed by atoms with Crippen molar-refractivity contribution in [2.75, 3.05) is 5.32 Å². The number of aromatic nitrogens is 3. The van der Waals surface area contributed by atoms with E-state index in [0.717, 1.165) is 29.4 Å². The summed E-state index contributed by atoms with van der Waals surface area (Å²) in [4.78, 5) is 23.4. The summed E-state index contributed by atoms with van der Waals surface area (Å²) in [7, 11) is 1.75. The number of carboxylic acids is 1. The molecule has 0 saturated heterocycles. The lowest BCUT2D eigenvalue weighted by Crippen LogP contribution is -2.16. The summed E-state index contributed by atoms with van der Waals surface area (Å²) in [5.74, 6) is -1.12. The molecule has 0 atom stereocenters. The first-order valence-electron chi connectivity index (χ1n) is 8.13. The number of aliphatic carboxylic acids is 1. The predicted molar refractivity (Wildman–Crippen MR) is 94.7 cm³/mol. The molecule has 7 heteroatoms. The number of anilines is 1. The van der Waals surface area contributed by atoms with Gasteiger partial charge in [0.1, 0.15) is 12.2 Å². The van der Waals surface area contributed by atoms with Crippen LogP contribution in [0.4, 0.5) is 5.69 Å². The second-order valence-corrected chi connectivity index (χ2v) is 5.96. The molecule has 3 aromatic rings. The van der Waals surface area contributed by atoms with E-state index >= 15 is 0 Å². The Bertz CT molecular complexity index is 939. The van der Waals surface area contributed by atoms with Crippen molar-refractivity contribution in [3.05, 3.63) is 47.9 Å². The number of rotatable bonds is 6. The number of carbonyl (C=O) groups excluding carboxylic acids is 1. The van der Waals surface area contributed by atoms with E-state index < -0.39 is 5.97 Å². The zero-order chi connectivity index (χ0) is 18.0. The van der Waals surface area contributed by atoms with Crippen LogP contribution in [0.15, 0.2) is 36.5 Å². The van der Waals surface area contributed by atoms with Gasteiger partial charge in [-0.15, -0.1) is 0 Å². The SMILES string of the molecule is CCCc1cc(C(=O)Nc2ccc3c(ccn3CC(=O)O)c2)n(C)n1. The van der Waals surface area contributed by atoms with Crippen LogP contribution in [0, 0.1) is 0 Å². The van der Waals surface area contributed by atoms with Gasteiger partial charge in [-0.2, -0.15) is 5.10 Å². The fraction of sp³-hybridized carbons (Fsp3) is 0.278. The van der Waals surface area contributed by atoms with Gasteiger partial charge in [-0.3, -0.25) is 14.3 Å². The number of nitrogens with zero attached hydrogens (tertiary/aromatic N) is 3. The molecular formula is C18H20N4O3. The lowest BCUT2D eigenvalue weighted by Gasteiger charge is -2.06. The number of hydrogen-bond donors (Lipinski definition) is 2. The molecule has 0 aliphatic rings. The third-order valence-electron chi connectivity index (χ3n) is 4.00. The number of benzene rings is 1. The van der Waals surface area contributed by atoms with Gasteiger partial charge in [0.05, 0.1) is 5.69 Å². The molecule has 25 heavy (non-hydrogen) atoms. The fourth-order valence-corrected chi connectivity index (χ4v) is 2.87. The molecule has 0 saturated carbocycles. The molecule has 2 aromatic heterocycles. The summed E-state index contributed by atoms with van der Waals surface area (Å²) in [6.45, 7) is 1.98. The normalized spacial score (nSPS) is 11.0. The maximum Gasteiger partial charge on any atom is 0.323 e. The van der Waals surface area contributed by atoms with E-state index in [4.69, 9.17) is 5.11 Å². The van der Waals surface area contributed by atoms with Crippen molar-refractivity contribution >= 4 is 28.5 Å². The number of carbonyl (C=O) groups is 2. The molecule has 0 aliphatic heterocycles. The highest BCUT2D eigenvalue weighted by Crippen LogP contribution is 2.21. The minimum atomic E-state index is -0.894. The Hall–Kier alpha value is -3.09. The molecule has 0 unspecified atom stereocenters. The van der Waals surface area contributed by atoms with Crippen molar-refractivity contribution in [2.45, 2.75) is 26.3 Å². The summed E-state index contributed by atoms with van der Waals surface area (Å²) < 4.78 is 3.24. The van der Waals surface area contributed by atoms with Gasteiger partial charge in [-0.1, -0.05) is 13.3 Å². The van der Waals surface area contributed by atoms with Crippen LogP contribution in [0.2, 0.25) is 0 Å². The van der Waals surface area contributed by atoms with Crippen molar-refractivity contribution in [1.82, 2.24) is 14.3 Å². The van der Waals surface area contributed by atoms with Crippen molar-refractivity contribution in [3.63, 3.8) is 0 Å². The van der Waals surface area contributed by atoms with Crippen molar-refractivity contribution in [1.29, 1.82) is 0 Å². The molecule has 2 N–H and O–H groups in total. The van der Waals surface area contributed by atoms with Gasteiger partial charge in [0.15, 0.2) is 0 Å². The topological polar surface area (TPSA) is 89.1 Å². The molecule has 2 heterocycles. The van der Waals surface area contributed by atoms with Gasteiger partial charge in [0.2, 0.25) is 0 Å². The van der Waals surface area contributed by atoms with E-state index in [9.17, 15) is 9.59 Å². The molecule has 0 radical (unpaired) electrons. The first-order chi connectivity index (χ1) is 12.0. The smallest absolute Gasteiger partial charge is 0.323 e. The molecule has 7 nitrogen and oxygen atoms in total. The molecule has 130 valence electrons. The monoisotopic (exact) mass is 340 g/mol. The van der Waals surface area contributed by atoms with Crippen LogP contribution >= 0.6 is 0 Å². The van der Waals surface area contributed by atoms with Gasteiger partial charge in [0.25, 0.3) is 5.91 Å². The average molecular weight is 340 g/mol. The first-order valence-corrected chi connectivity index (χ1v) is 8.13. The van der Waals surface area contributed by atoms with Gasteiger partial charge >= 0.3 is 5.97 Å². The van der Waals surface area contributed by atoms with Crippen LogP contribution in [-0.2, 0) is 24.8 Å². The Kier molecular flexibility index (Phi) is 4.56. The minimum absolute atomic E-state index is 0.0928. The Balaban J connectivity index is 1.80. The number of fused-ring (bicyclic) bond motifs is 1. The average Bonchev–Trinajstić information content (AvgIpc) is 3.11. The second-order valence-electron chi connectivity index (χ2n) is 5.96. The Morgan fingerprint density at radius 3 is 2.76 bits per heavy atom. The van der Waals surface area contributed by atoms with Crippen LogP contribution in [0.25, 0.3) is 10.9 Å². The van der Waals surface area contributed by atoms with E-state index in [-0.39, 0.29) is 12.5 Å². The standard InChI is InChI=1S/C18H20N4O3/c1-3-4-14-10-16(21(2)20-14)18(25)19-13-5-6-15-12(9-13)7-8-22(15)11-17(23)24/h5-10H,3-4,11H2,1-2H3,(H,19,25)(H,23,24). The van der Waals surface area contributed by atoms with Crippen LogP contribution in [-0.4, -0.2) is 31.3 Å². The highest BCUT2D eigenvalue weighted by molar-refractivity contribution is 6.04. The van der Waals surface area contributed by atoms with Crippen molar-refractivity contribution in [2.24, 2.45) is 7.05 Å². The molecule has 0 fully saturated rings. The quantitative estimate of drug-likeness (QED) is 0.722. The minimum Gasteiger partial charge on any atom is -0.480 e. The number of amides is 1. The largest absolute Gasteiger partial charge is 0.480 e. The highest BCUT2D eigenvalue weighted by Gasteiger charge is 2.14. The van der Waals surface area contributed by atoms with Crippen LogP contribution in [0.3, 0.4) is 0 Å². The zero-order valence-corrected chi connectivity index (χ0v) is 14.2. The predicted octanol–water partition coefficient (Wildman–Crippen LogP) is 2.66. The summed E-state index contributed by atoms with van der Waals surface area (Å²) >= 11 is 0. The maximum atomic E-state index is 12.5. The molecule has 3 rings (SSSR count). The maximum absolute atomic E-state index is 12.5. The van der Waals surface area contributed by atoms with Gasteiger partial charge in [-0.25, -0.2) is 0 Å². The van der Waals surface area contributed by atoms with Crippen molar-refractivity contribution < 1.29 is 14.7 Å². The number of hydrogen-bond acceptors (Lipinski definition) is 3. The lowest BCUT2D eigenvalue weighted by atomic mass is 10.2. The Labute approximate surface area is 144 Å². The summed E-state index contributed by atoms with van der Waals surface area (Å²) in [5, 5.41) is 17.0. The van der Waals surface area contributed by atoms with Gasteiger partial charge in [-0.05, 0) is 36.8 Å². The third-order valence-corrected chi connectivity index (χ3v) is 4.00. The Morgan fingerprint density at radius 1 is 1.24 bits per heavy atom. The highest BCUT2D eigenvalue weighted by atomic mass is 16.4. The van der Waals surface area contributed by atoms with Crippen LogP contribution in [0.5, 0.6) is 0 Å².